The summed E-state index contributed by atoms with van der Waals surface area (Å²) in [6.07, 6.45) is -1.95. The lowest BCUT2D eigenvalue weighted by Gasteiger charge is -2.31. The largest absolute Gasteiger partial charge is 0.573 e. The zero-order valence-electron chi connectivity index (χ0n) is 14.5. The van der Waals surface area contributed by atoms with E-state index < -0.39 is 16.4 Å². The summed E-state index contributed by atoms with van der Waals surface area (Å²) < 4.78 is 66.1. The summed E-state index contributed by atoms with van der Waals surface area (Å²) in [6, 6.07) is 4.70. The van der Waals surface area contributed by atoms with E-state index in [0.717, 1.165) is 25.0 Å². The smallest absolute Gasteiger partial charge is 0.406 e. The highest BCUT2D eigenvalue weighted by Crippen LogP contribution is 2.33. The maximum atomic E-state index is 12.2. The number of alkyl halides is 3. The number of hydrogen-bond acceptors (Lipinski definition) is 4. The van der Waals surface area contributed by atoms with E-state index in [4.69, 9.17) is 0 Å². The minimum atomic E-state index is -4.77. The minimum absolute atomic E-state index is 0.174. The average molecular weight is 406 g/mol. The summed E-state index contributed by atoms with van der Waals surface area (Å²) in [5.41, 5.74) is 0.235. The first kappa shape index (κ1) is 19.9. The Bertz CT molecular complexity index is 768. The molecule has 6 nitrogen and oxygen atoms in total. The van der Waals surface area contributed by atoms with E-state index in [0.29, 0.717) is 32.5 Å². The SMILES string of the molecule is O=C(NCC1CCN(S(=O)(=O)C2CC2)CC1)c1ccc(OC(F)(F)F)cc1. The van der Waals surface area contributed by atoms with Crippen LogP contribution in [0.15, 0.2) is 24.3 Å². The van der Waals surface area contributed by atoms with Crippen LogP contribution in [0.4, 0.5) is 13.2 Å². The molecule has 27 heavy (non-hydrogen) atoms. The van der Waals surface area contributed by atoms with E-state index in [1.807, 2.05) is 0 Å². The number of sulfonamides is 1. The Labute approximate surface area is 155 Å². The highest BCUT2D eigenvalue weighted by molar-refractivity contribution is 7.90. The number of rotatable bonds is 6. The normalized spacial score (nSPS) is 19.7. The van der Waals surface area contributed by atoms with Gasteiger partial charge in [-0.15, -0.1) is 13.2 Å². The van der Waals surface area contributed by atoms with Gasteiger partial charge in [0, 0.05) is 25.2 Å². The van der Waals surface area contributed by atoms with Crippen molar-refractivity contribution >= 4 is 15.9 Å². The molecule has 1 aromatic carbocycles. The van der Waals surface area contributed by atoms with E-state index in [9.17, 15) is 26.4 Å². The Morgan fingerprint density at radius 1 is 1.11 bits per heavy atom. The molecule has 2 fully saturated rings. The fourth-order valence-corrected chi connectivity index (χ4v) is 4.96. The van der Waals surface area contributed by atoms with Crippen LogP contribution in [0.5, 0.6) is 5.75 Å². The van der Waals surface area contributed by atoms with Crippen LogP contribution < -0.4 is 10.1 Å². The van der Waals surface area contributed by atoms with E-state index >= 15 is 0 Å². The number of halogens is 3. The summed E-state index contributed by atoms with van der Waals surface area (Å²) in [4.78, 5) is 12.1. The number of ether oxygens (including phenoxy) is 1. The number of carbonyl (C=O) groups is 1. The fourth-order valence-electron chi connectivity index (χ4n) is 3.09. The van der Waals surface area contributed by atoms with Crippen LogP contribution in [0, 0.1) is 5.92 Å². The van der Waals surface area contributed by atoms with Crippen LogP contribution in [-0.4, -0.2) is 49.9 Å². The van der Waals surface area contributed by atoms with Gasteiger partial charge >= 0.3 is 6.36 Å². The van der Waals surface area contributed by atoms with Crippen LogP contribution >= 0.6 is 0 Å². The minimum Gasteiger partial charge on any atom is -0.406 e. The van der Waals surface area contributed by atoms with Gasteiger partial charge in [0.2, 0.25) is 10.0 Å². The van der Waals surface area contributed by atoms with Crippen molar-refractivity contribution in [2.75, 3.05) is 19.6 Å². The van der Waals surface area contributed by atoms with Gasteiger partial charge in [0.25, 0.3) is 5.91 Å². The first-order valence-electron chi connectivity index (χ1n) is 8.78. The van der Waals surface area contributed by atoms with E-state index in [-0.39, 0.29) is 28.4 Å². The van der Waals surface area contributed by atoms with Gasteiger partial charge in [0.15, 0.2) is 0 Å². The van der Waals surface area contributed by atoms with Crippen molar-refractivity contribution in [2.24, 2.45) is 5.92 Å². The van der Waals surface area contributed by atoms with Crippen molar-refractivity contribution < 1.29 is 31.1 Å². The summed E-state index contributed by atoms with van der Waals surface area (Å²) in [7, 11) is -3.15. The maximum Gasteiger partial charge on any atom is 0.573 e. The molecule has 0 radical (unpaired) electrons. The summed E-state index contributed by atoms with van der Waals surface area (Å²) >= 11 is 0. The fraction of sp³-hybridized carbons (Fsp3) is 0.588. The van der Waals surface area contributed by atoms with Crippen molar-refractivity contribution in [1.82, 2.24) is 9.62 Å². The molecular formula is C17H21F3N2O4S. The number of nitrogens with one attached hydrogen (secondary N) is 1. The first-order chi connectivity index (χ1) is 12.6. The Morgan fingerprint density at radius 3 is 2.22 bits per heavy atom. The average Bonchev–Trinajstić information content (AvgIpc) is 3.45. The predicted molar refractivity (Wildman–Crippen MR) is 91.7 cm³/mol. The van der Waals surface area contributed by atoms with Crippen LogP contribution in [-0.2, 0) is 10.0 Å². The Balaban J connectivity index is 1.44. The quantitative estimate of drug-likeness (QED) is 0.788. The van der Waals surface area contributed by atoms with Crippen molar-refractivity contribution in [3.63, 3.8) is 0 Å². The highest BCUT2D eigenvalue weighted by Gasteiger charge is 2.41. The monoisotopic (exact) mass is 406 g/mol. The molecule has 0 spiro atoms. The number of benzene rings is 1. The Kier molecular flexibility index (Phi) is 5.66. The number of nitrogens with zero attached hydrogens (tertiary/aromatic N) is 1. The van der Waals surface area contributed by atoms with E-state index in [1.54, 1.807) is 4.31 Å². The number of piperidine rings is 1. The van der Waals surface area contributed by atoms with Crippen LogP contribution in [0.2, 0.25) is 0 Å². The van der Waals surface area contributed by atoms with Gasteiger partial charge in [0.05, 0.1) is 5.25 Å². The highest BCUT2D eigenvalue weighted by atomic mass is 32.2. The molecule has 1 aromatic rings. The number of carbonyl (C=O) groups excluding carboxylic acids is 1. The molecule has 0 unspecified atom stereocenters. The van der Waals surface area contributed by atoms with Gasteiger partial charge in [-0.3, -0.25) is 4.79 Å². The molecule has 1 heterocycles. The molecule has 1 N–H and O–H groups in total. The van der Waals surface area contributed by atoms with Gasteiger partial charge in [0.1, 0.15) is 5.75 Å². The predicted octanol–water partition coefficient (Wildman–Crippen LogP) is 2.52. The third-order valence-electron chi connectivity index (χ3n) is 4.78. The Hall–Kier alpha value is -1.81. The summed E-state index contributed by atoms with van der Waals surface area (Å²) in [5.74, 6) is -0.600. The molecular weight excluding hydrogens is 385 g/mol. The molecule has 10 heteroatoms. The third-order valence-corrected chi connectivity index (χ3v) is 7.18. The summed E-state index contributed by atoms with van der Waals surface area (Å²) in [5, 5.41) is 2.54. The third kappa shape index (κ3) is 5.35. The van der Waals surface area contributed by atoms with Crippen molar-refractivity contribution in [2.45, 2.75) is 37.3 Å². The molecule has 150 valence electrons. The molecule has 1 saturated heterocycles. The zero-order chi connectivity index (χ0) is 19.7. The van der Waals surface area contributed by atoms with Crippen molar-refractivity contribution in [1.29, 1.82) is 0 Å². The number of amides is 1. The lowest BCUT2D eigenvalue weighted by Crippen LogP contribution is -2.42. The molecule has 1 aliphatic carbocycles. The first-order valence-corrected chi connectivity index (χ1v) is 10.3. The lowest BCUT2D eigenvalue weighted by atomic mass is 9.98. The molecule has 0 aromatic heterocycles. The second-order valence-corrected chi connectivity index (χ2v) is 9.08. The van der Waals surface area contributed by atoms with Gasteiger partial charge < -0.3 is 10.1 Å². The van der Waals surface area contributed by atoms with Gasteiger partial charge in [-0.1, -0.05) is 0 Å². The zero-order valence-corrected chi connectivity index (χ0v) is 15.4. The van der Waals surface area contributed by atoms with Crippen LogP contribution in [0.1, 0.15) is 36.0 Å². The Morgan fingerprint density at radius 2 is 1.70 bits per heavy atom. The summed E-state index contributed by atoms with van der Waals surface area (Å²) in [6.45, 7) is 1.32. The van der Waals surface area contributed by atoms with Crippen molar-refractivity contribution in [3.8, 4) is 5.75 Å². The van der Waals surface area contributed by atoms with Crippen LogP contribution in [0.3, 0.4) is 0 Å². The van der Waals surface area contributed by atoms with Gasteiger partial charge in [-0.2, -0.15) is 0 Å². The molecule has 1 amide bonds. The lowest BCUT2D eigenvalue weighted by molar-refractivity contribution is -0.274. The van der Waals surface area contributed by atoms with E-state index in [2.05, 4.69) is 10.1 Å². The maximum absolute atomic E-state index is 12.2. The second kappa shape index (κ2) is 7.67. The van der Waals surface area contributed by atoms with Crippen molar-refractivity contribution in [3.05, 3.63) is 29.8 Å². The second-order valence-electron chi connectivity index (χ2n) is 6.87. The molecule has 0 atom stereocenters. The molecule has 2 aliphatic rings. The molecule has 1 saturated carbocycles. The standard InChI is InChI=1S/C17H21F3N2O4S/c18-17(19,20)26-14-3-1-13(2-4-14)16(23)21-11-12-7-9-22(10-8-12)27(24,25)15-5-6-15/h1-4,12,15H,5-11H2,(H,21,23). The molecule has 3 rings (SSSR count). The van der Waals surface area contributed by atoms with Gasteiger partial charge in [-0.05, 0) is 55.9 Å². The molecule has 0 bridgehead atoms. The van der Waals surface area contributed by atoms with Gasteiger partial charge in [-0.25, -0.2) is 12.7 Å². The topological polar surface area (TPSA) is 75.7 Å². The number of hydrogen-bond donors (Lipinski definition) is 1. The molecule has 1 aliphatic heterocycles. The van der Waals surface area contributed by atoms with Crippen LogP contribution in [0.25, 0.3) is 0 Å². The van der Waals surface area contributed by atoms with E-state index in [1.165, 1.54) is 12.1 Å².